The number of fused-ring (bicyclic) bond motifs is 1. The van der Waals surface area contributed by atoms with E-state index >= 15 is 0 Å². The van der Waals surface area contributed by atoms with Gasteiger partial charge in [-0.25, -0.2) is 4.98 Å². The van der Waals surface area contributed by atoms with E-state index in [4.69, 9.17) is 4.74 Å². The number of rotatable bonds is 6. The predicted molar refractivity (Wildman–Crippen MR) is 120 cm³/mol. The minimum Gasteiger partial charge on any atom is -0.497 e. The van der Waals surface area contributed by atoms with E-state index in [-0.39, 0.29) is 17.4 Å². The van der Waals surface area contributed by atoms with E-state index < -0.39 is 0 Å². The highest BCUT2D eigenvalue weighted by Crippen LogP contribution is 2.30. The Kier molecular flexibility index (Phi) is 5.35. The van der Waals surface area contributed by atoms with Crippen LogP contribution in [0.3, 0.4) is 0 Å². The number of benzene rings is 1. The quantitative estimate of drug-likeness (QED) is 0.635. The molecule has 1 saturated carbocycles. The first kappa shape index (κ1) is 20.0. The highest BCUT2D eigenvalue weighted by Gasteiger charge is 2.30. The SMILES string of the molecule is COc1cccc(Cn2cnc3nc(N4CCC(C(=O)NC5CC5)CC4)sc3c2=O)c1. The molecule has 0 spiro atoms. The fourth-order valence-corrected chi connectivity index (χ4v) is 4.95. The van der Waals surface area contributed by atoms with Crippen molar-refractivity contribution in [2.24, 2.45) is 5.92 Å². The van der Waals surface area contributed by atoms with Gasteiger partial charge in [0.15, 0.2) is 10.8 Å². The van der Waals surface area contributed by atoms with E-state index in [1.807, 2.05) is 24.3 Å². The number of anilines is 1. The summed E-state index contributed by atoms with van der Waals surface area (Å²) in [5, 5.41) is 3.91. The minimum absolute atomic E-state index is 0.0736. The molecule has 1 aliphatic heterocycles. The Hall–Kier alpha value is -2.94. The molecule has 1 aromatic carbocycles. The summed E-state index contributed by atoms with van der Waals surface area (Å²) in [6.07, 6.45) is 5.39. The van der Waals surface area contributed by atoms with Gasteiger partial charge in [-0.05, 0) is 43.4 Å². The number of carbonyl (C=O) groups excluding carboxylic acids is 1. The Labute approximate surface area is 183 Å². The van der Waals surface area contributed by atoms with Gasteiger partial charge in [0.05, 0.1) is 13.7 Å². The molecule has 0 bridgehead atoms. The zero-order valence-electron chi connectivity index (χ0n) is 17.4. The predicted octanol–water partition coefficient (Wildman–Crippen LogP) is 2.40. The largest absolute Gasteiger partial charge is 0.497 e. The van der Waals surface area contributed by atoms with Crippen LogP contribution in [-0.2, 0) is 11.3 Å². The van der Waals surface area contributed by atoms with Crippen LogP contribution in [0.2, 0.25) is 0 Å². The summed E-state index contributed by atoms with van der Waals surface area (Å²) in [6, 6.07) is 8.06. The average Bonchev–Trinajstić information content (AvgIpc) is 3.50. The lowest BCUT2D eigenvalue weighted by molar-refractivity contribution is -0.125. The molecule has 8 nitrogen and oxygen atoms in total. The van der Waals surface area contributed by atoms with E-state index in [2.05, 4.69) is 20.2 Å². The number of methoxy groups -OCH3 is 1. The van der Waals surface area contributed by atoms with E-state index in [1.165, 1.54) is 11.3 Å². The Morgan fingerprint density at radius 1 is 1.26 bits per heavy atom. The topological polar surface area (TPSA) is 89.3 Å². The molecular formula is C22H25N5O3S. The number of thiazole rings is 1. The van der Waals surface area contributed by atoms with Gasteiger partial charge in [0.2, 0.25) is 5.91 Å². The minimum atomic E-state index is -0.0877. The molecule has 31 heavy (non-hydrogen) atoms. The van der Waals surface area contributed by atoms with Crippen LogP contribution in [0.15, 0.2) is 35.4 Å². The zero-order valence-corrected chi connectivity index (χ0v) is 18.2. The van der Waals surface area contributed by atoms with Gasteiger partial charge in [-0.1, -0.05) is 23.5 Å². The van der Waals surface area contributed by atoms with Crippen LogP contribution in [-0.4, -0.2) is 46.7 Å². The smallest absolute Gasteiger partial charge is 0.273 e. The zero-order chi connectivity index (χ0) is 21.4. The monoisotopic (exact) mass is 439 g/mol. The Balaban J connectivity index is 1.30. The molecule has 1 aliphatic carbocycles. The van der Waals surface area contributed by atoms with Crippen LogP contribution >= 0.6 is 11.3 Å². The summed E-state index contributed by atoms with van der Waals surface area (Å²) in [5.41, 5.74) is 1.37. The highest BCUT2D eigenvalue weighted by molar-refractivity contribution is 7.22. The van der Waals surface area contributed by atoms with Gasteiger partial charge in [0.1, 0.15) is 16.8 Å². The van der Waals surface area contributed by atoms with Crippen LogP contribution in [0.25, 0.3) is 10.3 Å². The van der Waals surface area contributed by atoms with E-state index in [0.29, 0.717) is 22.9 Å². The number of ether oxygens (including phenoxy) is 1. The third kappa shape index (κ3) is 4.27. The first-order valence-electron chi connectivity index (χ1n) is 10.6. The molecule has 3 aromatic rings. The van der Waals surface area contributed by atoms with E-state index in [1.54, 1.807) is 18.0 Å². The molecule has 2 fully saturated rings. The van der Waals surface area contributed by atoms with Gasteiger partial charge in [0, 0.05) is 25.0 Å². The highest BCUT2D eigenvalue weighted by atomic mass is 32.1. The average molecular weight is 440 g/mol. The van der Waals surface area contributed by atoms with Crippen molar-refractivity contribution in [3.05, 3.63) is 46.5 Å². The second-order valence-electron chi connectivity index (χ2n) is 8.22. The fourth-order valence-electron chi connectivity index (χ4n) is 3.93. The van der Waals surface area contributed by atoms with Gasteiger partial charge < -0.3 is 15.0 Å². The van der Waals surface area contributed by atoms with E-state index in [0.717, 1.165) is 55.2 Å². The van der Waals surface area contributed by atoms with Crippen LogP contribution in [0.1, 0.15) is 31.2 Å². The Bertz CT molecular complexity index is 1160. The number of carbonyl (C=O) groups is 1. The van der Waals surface area contributed by atoms with Crippen molar-refractivity contribution in [1.29, 1.82) is 0 Å². The third-order valence-corrected chi connectivity index (χ3v) is 7.01. The van der Waals surface area contributed by atoms with Crippen molar-refractivity contribution in [2.45, 2.75) is 38.3 Å². The summed E-state index contributed by atoms with van der Waals surface area (Å²) in [4.78, 5) is 36.5. The number of hydrogen-bond acceptors (Lipinski definition) is 7. The maximum absolute atomic E-state index is 13.0. The van der Waals surface area contributed by atoms with Crippen LogP contribution < -0.4 is 20.5 Å². The number of piperidine rings is 1. The number of nitrogens with zero attached hydrogens (tertiary/aromatic N) is 4. The Morgan fingerprint density at radius 3 is 2.81 bits per heavy atom. The lowest BCUT2D eigenvalue weighted by Crippen LogP contribution is -2.41. The molecule has 3 heterocycles. The number of aromatic nitrogens is 3. The summed E-state index contributed by atoms with van der Waals surface area (Å²) < 4.78 is 7.43. The summed E-state index contributed by atoms with van der Waals surface area (Å²) in [6.45, 7) is 1.95. The van der Waals surface area contributed by atoms with Gasteiger partial charge in [-0.15, -0.1) is 0 Å². The van der Waals surface area contributed by atoms with Gasteiger partial charge in [0.25, 0.3) is 5.56 Å². The summed E-state index contributed by atoms with van der Waals surface area (Å²) in [7, 11) is 1.63. The summed E-state index contributed by atoms with van der Waals surface area (Å²) in [5.74, 6) is 1.02. The summed E-state index contributed by atoms with van der Waals surface area (Å²) >= 11 is 1.39. The van der Waals surface area contributed by atoms with Crippen molar-refractivity contribution >= 4 is 32.7 Å². The second kappa shape index (κ2) is 8.30. The third-order valence-electron chi connectivity index (χ3n) is 5.92. The first-order chi connectivity index (χ1) is 15.1. The van der Waals surface area contributed by atoms with Gasteiger partial charge in [-0.3, -0.25) is 14.2 Å². The molecular weight excluding hydrogens is 414 g/mol. The van der Waals surface area contributed by atoms with Gasteiger partial charge in [-0.2, -0.15) is 4.98 Å². The number of amides is 1. The second-order valence-corrected chi connectivity index (χ2v) is 9.20. The van der Waals surface area contributed by atoms with E-state index in [9.17, 15) is 9.59 Å². The van der Waals surface area contributed by atoms with Gasteiger partial charge >= 0.3 is 0 Å². The molecule has 5 rings (SSSR count). The maximum Gasteiger partial charge on any atom is 0.273 e. The van der Waals surface area contributed by atoms with Crippen molar-refractivity contribution < 1.29 is 9.53 Å². The first-order valence-corrected chi connectivity index (χ1v) is 11.5. The number of hydrogen-bond donors (Lipinski definition) is 1. The number of nitrogens with one attached hydrogen (secondary N) is 1. The van der Waals surface area contributed by atoms with Crippen LogP contribution in [0, 0.1) is 5.92 Å². The normalized spacial score (nSPS) is 17.1. The Morgan fingerprint density at radius 2 is 2.06 bits per heavy atom. The molecule has 1 N–H and O–H groups in total. The lowest BCUT2D eigenvalue weighted by Gasteiger charge is -2.30. The molecule has 9 heteroatoms. The molecule has 2 aliphatic rings. The lowest BCUT2D eigenvalue weighted by atomic mass is 9.96. The van der Waals surface area contributed by atoms with Crippen molar-refractivity contribution in [2.75, 3.05) is 25.1 Å². The molecule has 0 radical (unpaired) electrons. The van der Waals surface area contributed by atoms with Crippen molar-refractivity contribution in [1.82, 2.24) is 19.9 Å². The molecule has 1 saturated heterocycles. The van der Waals surface area contributed by atoms with Crippen molar-refractivity contribution in [3.63, 3.8) is 0 Å². The fraction of sp³-hybridized carbons (Fsp3) is 0.455. The molecule has 162 valence electrons. The molecule has 2 aromatic heterocycles. The van der Waals surface area contributed by atoms with Crippen molar-refractivity contribution in [3.8, 4) is 5.75 Å². The van der Waals surface area contributed by atoms with Crippen LogP contribution in [0.4, 0.5) is 5.13 Å². The standard InChI is InChI=1S/C22H25N5O3S/c1-30-17-4-2-3-14(11-17)12-27-13-23-19-18(21(27)29)31-22(25-19)26-9-7-15(8-10-26)20(28)24-16-5-6-16/h2-4,11,13,15-16H,5-10,12H2,1H3,(H,24,28). The maximum atomic E-state index is 13.0. The molecule has 1 amide bonds. The molecule has 0 atom stereocenters. The van der Waals surface area contributed by atoms with Crippen LogP contribution in [0.5, 0.6) is 5.75 Å². The molecule has 0 unspecified atom stereocenters.